The molecule has 2 aliphatic rings. The van der Waals surface area contributed by atoms with Crippen molar-refractivity contribution in [2.45, 2.75) is 37.7 Å². The summed E-state index contributed by atoms with van der Waals surface area (Å²) < 4.78 is 5.80. The molecule has 1 N–H and O–H groups in total. The molecule has 1 saturated carbocycles. The van der Waals surface area contributed by atoms with Crippen molar-refractivity contribution in [2.75, 3.05) is 13.1 Å². The fraction of sp³-hybridized carbons (Fsp3) is 0.800. The predicted molar refractivity (Wildman–Crippen MR) is 58.4 cm³/mol. The van der Waals surface area contributed by atoms with Gasteiger partial charge in [-0.1, -0.05) is 11.3 Å². The van der Waals surface area contributed by atoms with Crippen LogP contribution >= 0.6 is 11.3 Å². The molecule has 0 aromatic carbocycles. The van der Waals surface area contributed by atoms with Gasteiger partial charge in [-0.3, -0.25) is 0 Å². The van der Waals surface area contributed by atoms with Crippen LogP contribution in [0.4, 0.5) is 0 Å². The van der Waals surface area contributed by atoms with Gasteiger partial charge in [0.25, 0.3) is 5.19 Å². The van der Waals surface area contributed by atoms with E-state index in [0.29, 0.717) is 12.0 Å². The van der Waals surface area contributed by atoms with Crippen molar-refractivity contribution < 1.29 is 4.74 Å². The molecule has 1 unspecified atom stereocenters. The Morgan fingerprint density at radius 3 is 2.93 bits per heavy atom. The first-order chi connectivity index (χ1) is 7.42. The van der Waals surface area contributed by atoms with E-state index in [-0.39, 0.29) is 0 Å². The summed E-state index contributed by atoms with van der Waals surface area (Å²) in [5, 5.41) is 13.5. The van der Waals surface area contributed by atoms with E-state index in [1.165, 1.54) is 19.3 Å². The van der Waals surface area contributed by atoms with Crippen molar-refractivity contribution in [2.24, 2.45) is 0 Å². The van der Waals surface area contributed by atoms with E-state index < -0.39 is 0 Å². The molecule has 2 heterocycles. The largest absolute Gasteiger partial charge is 0.464 e. The monoisotopic (exact) mass is 225 g/mol. The first-order valence-corrected chi connectivity index (χ1v) is 6.44. The molecule has 1 aromatic heterocycles. The van der Waals surface area contributed by atoms with Gasteiger partial charge in [0.05, 0.1) is 0 Å². The number of hydrogen-bond donors (Lipinski definition) is 1. The maximum absolute atomic E-state index is 5.80. The second kappa shape index (κ2) is 4.06. The Morgan fingerprint density at radius 2 is 2.20 bits per heavy atom. The van der Waals surface area contributed by atoms with E-state index in [1.54, 1.807) is 11.3 Å². The van der Waals surface area contributed by atoms with Crippen LogP contribution in [0.5, 0.6) is 5.19 Å². The van der Waals surface area contributed by atoms with Gasteiger partial charge < -0.3 is 10.1 Å². The van der Waals surface area contributed by atoms with E-state index in [9.17, 15) is 0 Å². The lowest BCUT2D eigenvalue weighted by molar-refractivity contribution is 0.165. The highest BCUT2D eigenvalue weighted by molar-refractivity contribution is 7.13. The standard InChI is InChI=1S/C10H15N3OS/c1-2-8(6-11-5-1)14-10-13-12-9(15-10)7-3-4-7/h7-8,11H,1-6H2. The molecular weight excluding hydrogens is 210 g/mol. The third-order valence-electron chi connectivity index (χ3n) is 2.87. The van der Waals surface area contributed by atoms with E-state index in [4.69, 9.17) is 4.74 Å². The summed E-state index contributed by atoms with van der Waals surface area (Å²) in [4.78, 5) is 0. The Bertz CT molecular complexity index is 331. The SMILES string of the molecule is C1CNCC(Oc2nnc(C3CC3)s2)C1. The minimum atomic E-state index is 0.291. The molecule has 0 bridgehead atoms. The number of nitrogens with one attached hydrogen (secondary N) is 1. The zero-order valence-electron chi connectivity index (χ0n) is 8.61. The van der Waals surface area contributed by atoms with Gasteiger partial charge in [-0.15, -0.1) is 10.2 Å². The highest BCUT2D eigenvalue weighted by Crippen LogP contribution is 2.42. The van der Waals surface area contributed by atoms with Crippen LogP contribution in [0, 0.1) is 0 Å². The van der Waals surface area contributed by atoms with Crippen molar-refractivity contribution in [3.05, 3.63) is 5.01 Å². The summed E-state index contributed by atoms with van der Waals surface area (Å²) in [5.41, 5.74) is 0. The first kappa shape index (κ1) is 9.54. The third-order valence-corrected chi connectivity index (χ3v) is 3.84. The molecule has 0 radical (unpaired) electrons. The summed E-state index contributed by atoms with van der Waals surface area (Å²) in [6.07, 6.45) is 5.17. The van der Waals surface area contributed by atoms with Crippen molar-refractivity contribution in [1.82, 2.24) is 15.5 Å². The highest BCUT2D eigenvalue weighted by atomic mass is 32.1. The summed E-state index contributed by atoms with van der Waals surface area (Å²) in [6, 6.07) is 0. The number of piperidine rings is 1. The van der Waals surface area contributed by atoms with Crippen molar-refractivity contribution in [3.8, 4) is 5.19 Å². The van der Waals surface area contributed by atoms with Crippen LogP contribution in [-0.2, 0) is 0 Å². The first-order valence-electron chi connectivity index (χ1n) is 5.62. The number of hydrogen-bond acceptors (Lipinski definition) is 5. The molecule has 4 nitrogen and oxygen atoms in total. The molecule has 0 spiro atoms. The zero-order chi connectivity index (χ0) is 10.1. The van der Waals surface area contributed by atoms with Crippen LogP contribution < -0.4 is 10.1 Å². The Hall–Kier alpha value is -0.680. The fourth-order valence-electron chi connectivity index (χ4n) is 1.83. The van der Waals surface area contributed by atoms with E-state index in [2.05, 4.69) is 15.5 Å². The summed E-state index contributed by atoms with van der Waals surface area (Å²) >= 11 is 1.62. The van der Waals surface area contributed by atoms with E-state index in [1.807, 2.05) is 0 Å². The number of aromatic nitrogens is 2. The average Bonchev–Trinajstić information content (AvgIpc) is 3.02. The lowest BCUT2D eigenvalue weighted by atomic mass is 10.1. The zero-order valence-corrected chi connectivity index (χ0v) is 9.42. The van der Waals surface area contributed by atoms with Gasteiger partial charge in [0.1, 0.15) is 11.1 Å². The average molecular weight is 225 g/mol. The second-order valence-electron chi connectivity index (χ2n) is 4.27. The predicted octanol–water partition coefficient (Wildman–Crippen LogP) is 1.55. The van der Waals surface area contributed by atoms with Crippen molar-refractivity contribution in [3.63, 3.8) is 0 Å². The highest BCUT2D eigenvalue weighted by Gasteiger charge is 2.28. The van der Waals surface area contributed by atoms with Gasteiger partial charge in [0.15, 0.2) is 0 Å². The molecule has 5 heteroatoms. The molecule has 1 aliphatic carbocycles. The maximum Gasteiger partial charge on any atom is 0.294 e. The normalized spacial score (nSPS) is 26.5. The number of rotatable bonds is 3. The van der Waals surface area contributed by atoms with Crippen LogP contribution in [0.1, 0.15) is 36.6 Å². The molecule has 3 rings (SSSR count). The van der Waals surface area contributed by atoms with Crippen molar-refractivity contribution >= 4 is 11.3 Å². The maximum atomic E-state index is 5.80. The smallest absolute Gasteiger partial charge is 0.294 e. The molecule has 1 aliphatic heterocycles. The van der Waals surface area contributed by atoms with Crippen LogP contribution in [0.3, 0.4) is 0 Å². The van der Waals surface area contributed by atoms with Crippen LogP contribution in [0.2, 0.25) is 0 Å². The quantitative estimate of drug-likeness (QED) is 0.847. The Labute approximate surface area is 93.1 Å². The van der Waals surface area contributed by atoms with E-state index in [0.717, 1.165) is 29.7 Å². The minimum absolute atomic E-state index is 0.291. The van der Waals surface area contributed by atoms with Gasteiger partial charge in [0, 0.05) is 12.5 Å². The third kappa shape index (κ3) is 2.29. The molecule has 15 heavy (non-hydrogen) atoms. The molecule has 2 fully saturated rings. The Balaban J connectivity index is 1.60. The van der Waals surface area contributed by atoms with E-state index >= 15 is 0 Å². The Morgan fingerprint density at radius 1 is 1.27 bits per heavy atom. The molecule has 0 amide bonds. The molecule has 82 valence electrons. The molecule has 1 saturated heterocycles. The Kier molecular flexibility index (Phi) is 2.58. The van der Waals surface area contributed by atoms with Crippen LogP contribution in [0.15, 0.2) is 0 Å². The topological polar surface area (TPSA) is 47.0 Å². The summed E-state index contributed by atoms with van der Waals surface area (Å²) in [7, 11) is 0. The molecule has 1 atom stereocenters. The van der Waals surface area contributed by atoms with Crippen molar-refractivity contribution in [1.29, 1.82) is 0 Å². The summed E-state index contributed by atoms with van der Waals surface area (Å²) in [5.74, 6) is 0.685. The van der Waals surface area contributed by atoms with Gasteiger partial charge in [-0.05, 0) is 32.2 Å². The second-order valence-corrected chi connectivity index (χ2v) is 5.24. The van der Waals surface area contributed by atoms with Gasteiger partial charge in [-0.2, -0.15) is 0 Å². The minimum Gasteiger partial charge on any atom is -0.464 e. The lowest BCUT2D eigenvalue weighted by Gasteiger charge is -2.21. The van der Waals surface area contributed by atoms with Gasteiger partial charge in [-0.25, -0.2) is 0 Å². The fourth-order valence-corrected chi connectivity index (χ4v) is 2.76. The molecule has 1 aromatic rings. The van der Waals surface area contributed by atoms with Crippen LogP contribution in [-0.4, -0.2) is 29.4 Å². The molecular formula is C10H15N3OS. The van der Waals surface area contributed by atoms with Crippen LogP contribution in [0.25, 0.3) is 0 Å². The lowest BCUT2D eigenvalue weighted by Crippen LogP contribution is -2.37. The van der Waals surface area contributed by atoms with Gasteiger partial charge >= 0.3 is 0 Å². The van der Waals surface area contributed by atoms with Gasteiger partial charge in [0.2, 0.25) is 0 Å². The number of ether oxygens (including phenoxy) is 1. The summed E-state index contributed by atoms with van der Waals surface area (Å²) in [6.45, 7) is 2.06. The number of nitrogens with zero attached hydrogens (tertiary/aromatic N) is 2.